The van der Waals surface area contributed by atoms with Crippen molar-refractivity contribution in [1.82, 2.24) is 0 Å². The second-order valence-electron chi connectivity index (χ2n) is 22.4. The number of benzene rings is 2. The van der Waals surface area contributed by atoms with Crippen LogP contribution in [0.2, 0.25) is 10.8 Å². The summed E-state index contributed by atoms with van der Waals surface area (Å²) in [5.41, 5.74) is 18.6. The van der Waals surface area contributed by atoms with Gasteiger partial charge in [0.25, 0.3) is 0 Å². The Balaban J connectivity index is 0.000000553. The summed E-state index contributed by atoms with van der Waals surface area (Å²) in [6, 6.07) is 17.2. The molecule has 0 aliphatic carbocycles. The maximum atomic E-state index is 10.9. The average molecular weight is 1040 g/mol. The van der Waals surface area contributed by atoms with Crippen LogP contribution in [0.4, 0.5) is 0 Å². The minimum atomic E-state index is 0.857. The van der Waals surface area contributed by atoms with Crippen LogP contribution in [0.1, 0.15) is 339 Å². The third-order valence-corrected chi connectivity index (χ3v) is 16.8. The standard InChI is InChI=1S/C25H30N2.2C22H45.Ni/c1-4-6-9-20-13-15-22(16-14-20)25-19(3)17-24(27(25)26)23-12-8-11-21(18-23)10-7-5-2;2*1-3-5-7-9-11-13-15-17-19-21-22-20-18-16-14-12-10-8-6-4-2;/h8,11-18H,4-7,9-10H2,1-3H3;2*1,3-22H2,2H3;. The molecule has 0 unspecified atom stereocenters. The van der Waals surface area contributed by atoms with Gasteiger partial charge in [-0.1, -0.05) is 180 Å². The van der Waals surface area contributed by atoms with Crippen LogP contribution in [-0.4, -0.2) is 4.70 Å². The van der Waals surface area contributed by atoms with Gasteiger partial charge in [-0.15, -0.1) is 0 Å². The first-order valence-corrected chi connectivity index (χ1v) is 33.5. The monoisotopic (exact) mass is 1030 g/mol. The zero-order valence-electron chi connectivity index (χ0n) is 48.8. The van der Waals surface area contributed by atoms with E-state index in [-0.39, 0.29) is 0 Å². The van der Waals surface area contributed by atoms with Crippen molar-refractivity contribution in [3.63, 3.8) is 0 Å². The molecular formula is C69H120N2Ni. The van der Waals surface area contributed by atoms with Crippen LogP contribution in [0.5, 0.6) is 0 Å². The molecule has 3 heteroatoms. The normalized spacial score (nSPS) is 12.6. The molecule has 0 aromatic heterocycles. The molecule has 3 rings (SSSR count). The summed E-state index contributed by atoms with van der Waals surface area (Å²) in [5.74, 6) is 0. The Morgan fingerprint density at radius 3 is 1.01 bits per heavy atom. The van der Waals surface area contributed by atoms with Crippen molar-refractivity contribution in [2.75, 3.05) is 0 Å². The van der Waals surface area contributed by atoms with Gasteiger partial charge in [0.05, 0.1) is 0 Å². The predicted octanol–water partition coefficient (Wildman–Crippen LogP) is 24.7. The molecule has 1 aliphatic heterocycles. The molecule has 0 saturated carbocycles. The molecule has 2 aromatic carbocycles. The Kier molecular flexibility index (Phi) is 45.8. The number of nitrogens with zero attached hydrogens (tertiary/aromatic N) is 2. The van der Waals surface area contributed by atoms with E-state index in [1.165, 1.54) is 309 Å². The van der Waals surface area contributed by atoms with Crippen LogP contribution in [0.3, 0.4) is 0 Å². The van der Waals surface area contributed by atoms with E-state index in [0.29, 0.717) is 0 Å². The number of aryl methyl sites for hydroxylation is 2. The van der Waals surface area contributed by atoms with E-state index in [9.17, 15) is 5.53 Å². The van der Waals surface area contributed by atoms with Gasteiger partial charge in [-0.05, 0) is 68.0 Å². The molecular weight excluding hydrogens is 915 g/mol. The Morgan fingerprint density at radius 1 is 0.347 bits per heavy atom. The summed E-state index contributed by atoms with van der Waals surface area (Å²) in [6.07, 6.45) is 68.3. The molecule has 2 aromatic rings. The predicted molar refractivity (Wildman–Crippen MR) is 320 cm³/mol. The molecule has 72 heavy (non-hydrogen) atoms. The van der Waals surface area contributed by atoms with E-state index in [1.54, 1.807) is 0 Å². The minimum absolute atomic E-state index is 0.857. The van der Waals surface area contributed by atoms with Gasteiger partial charge < -0.3 is 5.53 Å². The molecule has 0 spiro atoms. The zero-order chi connectivity index (χ0) is 51.6. The molecule has 0 fully saturated rings. The van der Waals surface area contributed by atoms with Crippen LogP contribution in [0.15, 0.2) is 60.2 Å². The quantitative estimate of drug-likeness (QED) is 0.0359. The molecule has 0 amide bonds. The van der Waals surface area contributed by atoms with Crippen molar-refractivity contribution in [3.05, 3.63) is 88.0 Å². The smallest absolute Gasteiger partial charge is 0.493 e. The molecule has 1 aliphatic rings. The second kappa shape index (κ2) is 49.9. The van der Waals surface area contributed by atoms with Crippen LogP contribution in [0.25, 0.3) is 16.9 Å². The first kappa shape index (κ1) is 66.1. The van der Waals surface area contributed by atoms with Crippen molar-refractivity contribution in [3.8, 4) is 0 Å². The van der Waals surface area contributed by atoms with Crippen molar-refractivity contribution in [2.45, 2.75) is 341 Å². The topological polar surface area (TPSA) is 25.3 Å². The van der Waals surface area contributed by atoms with Crippen LogP contribution in [0, 0.1) is 0 Å². The van der Waals surface area contributed by atoms with Crippen LogP contribution < -0.4 is 0 Å². The fourth-order valence-corrected chi connectivity index (χ4v) is 11.8. The van der Waals surface area contributed by atoms with Crippen molar-refractivity contribution in [2.24, 2.45) is 0 Å². The van der Waals surface area contributed by atoms with Gasteiger partial charge in [0.2, 0.25) is 11.4 Å². The maximum absolute atomic E-state index is 10.9. The third kappa shape index (κ3) is 36.1. The van der Waals surface area contributed by atoms with Gasteiger partial charge in [0.15, 0.2) is 0 Å². The van der Waals surface area contributed by atoms with Crippen molar-refractivity contribution in [1.29, 1.82) is 0 Å². The third-order valence-electron chi connectivity index (χ3n) is 15.4. The van der Waals surface area contributed by atoms with E-state index in [2.05, 4.69) is 89.2 Å². The van der Waals surface area contributed by atoms with Crippen LogP contribution in [-0.2, 0) is 27.3 Å². The van der Waals surface area contributed by atoms with Gasteiger partial charge in [-0.3, -0.25) is 0 Å². The Labute approximate surface area is 456 Å². The summed E-state index contributed by atoms with van der Waals surface area (Å²) in [6.45, 7) is 11.1. The fourth-order valence-electron chi connectivity index (χ4n) is 10.6. The van der Waals surface area contributed by atoms with E-state index in [1.807, 2.05) is 14.4 Å². The molecule has 0 saturated heterocycles. The van der Waals surface area contributed by atoms with Gasteiger partial charge >= 0.3 is 166 Å². The Hall–Kier alpha value is -1.99. The molecule has 2 nitrogen and oxygen atoms in total. The average Bonchev–Trinajstić information content (AvgIpc) is 3.70. The summed E-state index contributed by atoms with van der Waals surface area (Å²) in [5, 5.41) is 2.87. The van der Waals surface area contributed by atoms with E-state index >= 15 is 0 Å². The van der Waals surface area contributed by atoms with E-state index in [0.717, 1.165) is 40.9 Å². The zero-order valence-corrected chi connectivity index (χ0v) is 49.8. The Bertz CT molecular complexity index is 1530. The molecule has 0 radical (unpaired) electrons. The molecule has 0 N–H and O–H groups in total. The molecule has 1 heterocycles. The van der Waals surface area contributed by atoms with Crippen molar-refractivity contribution >= 4 is 11.4 Å². The molecule has 416 valence electrons. The Morgan fingerprint density at radius 2 is 0.667 bits per heavy atom. The number of allylic oxidation sites excluding steroid dienone is 2. The first-order valence-electron chi connectivity index (χ1n) is 32.1. The van der Waals surface area contributed by atoms with Crippen LogP contribution >= 0.6 is 0 Å². The summed E-state index contributed by atoms with van der Waals surface area (Å²) in [7, 11) is 0. The summed E-state index contributed by atoms with van der Waals surface area (Å²) >= 11 is 2.05. The van der Waals surface area contributed by atoms with Crippen molar-refractivity contribution < 1.29 is 19.1 Å². The van der Waals surface area contributed by atoms with E-state index < -0.39 is 0 Å². The van der Waals surface area contributed by atoms with Gasteiger partial charge in [-0.25, -0.2) is 4.70 Å². The van der Waals surface area contributed by atoms with E-state index in [4.69, 9.17) is 0 Å². The summed E-state index contributed by atoms with van der Waals surface area (Å²) in [4.78, 5) is 0. The fraction of sp³-hybridized carbons (Fsp3) is 0.768. The number of hydrogen-bond donors (Lipinski definition) is 0. The second-order valence-corrected chi connectivity index (χ2v) is 23.9. The number of rotatable bonds is 50. The first-order chi connectivity index (χ1) is 35.5. The van der Waals surface area contributed by atoms with Gasteiger partial charge in [0, 0.05) is 22.8 Å². The van der Waals surface area contributed by atoms with Gasteiger partial charge in [-0.2, -0.15) is 0 Å². The molecule has 0 atom stereocenters. The summed E-state index contributed by atoms with van der Waals surface area (Å²) < 4.78 is 1.36. The SMILES string of the molecule is CCCCCCCCCCCCCCCCCCCCC[CH2][Ni][CH2]CCCCCCCCCCCCCCCCCCCCC.CCCCc1ccc(C2=C(C)C=C(c3cccc(CCCC)c3)[N+]2=[N-])cc1. The molecule has 0 bridgehead atoms. The minimum Gasteiger partial charge on any atom is -0.493 e. The van der Waals surface area contributed by atoms with Gasteiger partial charge in [0.1, 0.15) is 0 Å². The number of unbranched alkanes of at least 4 members (excludes halogenated alkanes) is 40. The number of hydrogen-bond acceptors (Lipinski definition) is 0.